The normalized spacial score (nSPS) is 9.00. The zero-order valence-corrected chi connectivity index (χ0v) is 11.3. The summed E-state index contributed by atoms with van der Waals surface area (Å²) >= 11 is 0. The highest BCUT2D eigenvalue weighted by atomic mass is 14.2. The summed E-state index contributed by atoms with van der Waals surface area (Å²) in [6.45, 7) is 6.22. The molecule has 0 aliphatic rings. The summed E-state index contributed by atoms with van der Waals surface area (Å²) in [6, 6.07) is 18.5. The number of nitrogens with zero attached hydrogens (tertiary/aromatic N) is 1. The van der Waals surface area contributed by atoms with Crippen LogP contribution in [0.5, 0.6) is 0 Å². The van der Waals surface area contributed by atoms with Gasteiger partial charge in [-0.25, -0.2) is 0 Å². The monoisotopic (exact) mass is 237 g/mol. The molecule has 0 unspecified atom stereocenters. The molecular formula is C17H19N. The van der Waals surface area contributed by atoms with Crippen molar-refractivity contribution in [1.82, 2.24) is 0 Å². The van der Waals surface area contributed by atoms with Crippen molar-refractivity contribution in [3.05, 3.63) is 70.8 Å². The first kappa shape index (κ1) is 14.0. The Balaban J connectivity index is 0.000000199. The maximum absolute atomic E-state index is 8.43. The second kappa shape index (κ2) is 7.29. The molecule has 0 amide bonds. The molecule has 1 nitrogen and oxygen atoms in total. The molecule has 2 aromatic rings. The molecule has 0 N–H and O–H groups in total. The molecule has 0 atom stereocenters. The van der Waals surface area contributed by atoms with Crippen molar-refractivity contribution in [2.24, 2.45) is 0 Å². The maximum atomic E-state index is 8.43. The van der Waals surface area contributed by atoms with E-state index in [4.69, 9.17) is 5.26 Å². The van der Waals surface area contributed by atoms with E-state index in [0.717, 1.165) is 5.56 Å². The van der Waals surface area contributed by atoms with Crippen LogP contribution in [0.2, 0.25) is 0 Å². The number of hydrogen-bond donors (Lipinski definition) is 0. The number of nitriles is 1. The Labute approximate surface area is 110 Å². The highest BCUT2D eigenvalue weighted by Crippen LogP contribution is 2.09. The lowest BCUT2D eigenvalue weighted by Crippen LogP contribution is -1.85. The van der Waals surface area contributed by atoms with Crippen LogP contribution in [0.1, 0.15) is 22.3 Å². The van der Waals surface area contributed by atoms with Gasteiger partial charge in [0.1, 0.15) is 0 Å². The van der Waals surface area contributed by atoms with Crippen molar-refractivity contribution >= 4 is 0 Å². The molecule has 0 aromatic heterocycles. The lowest BCUT2D eigenvalue weighted by molar-refractivity contribution is 1.22. The van der Waals surface area contributed by atoms with Crippen LogP contribution >= 0.6 is 0 Å². The molecule has 2 aromatic carbocycles. The van der Waals surface area contributed by atoms with Gasteiger partial charge in [0.2, 0.25) is 0 Å². The largest absolute Gasteiger partial charge is 0.198 e. The van der Waals surface area contributed by atoms with E-state index in [1.807, 2.05) is 24.3 Å². The summed E-state index contributed by atoms with van der Waals surface area (Å²) < 4.78 is 0. The Morgan fingerprint density at radius 1 is 0.889 bits per heavy atom. The summed E-state index contributed by atoms with van der Waals surface area (Å²) in [5.41, 5.74) is 4.97. The molecule has 0 aliphatic heterocycles. The van der Waals surface area contributed by atoms with Crippen LogP contribution in [0.15, 0.2) is 48.5 Å². The lowest BCUT2D eigenvalue weighted by Gasteiger charge is -2.00. The molecule has 0 aliphatic carbocycles. The van der Waals surface area contributed by atoms with Crippen LogP contribution < -0.4 is 0 Å². The van der Waals surface area contributed by atoms with E-state index in [1.54, 1.807) is 0 Å². The van der Waals surface area contributed by atoms with E-state index in [-0.39, 0.29) is 0 Å². The van der Waals surface area contributed by atoms with Crippen LogP contribution in [0, 0.1) is 32.1 Å². The Kier molecular flexibility index (Phi) is 5.67. The predicted octanol–water partition coefficient (Wildman–Crippen LogP) is 4.36. The van der Waals surface area contributed by atoms with Crippen molar-refractivity contribution in [3.8, 4) is 6.07 Å². The number of aryl methyl sites for hydroxylation is 3. The molecule has 0 heterocycles. The van der Waals surface area contributed by atoms with Gasteiger partial charge in [-0.1, -0.05) is 54.1 Å². The first-order valence-electron chi connectivity index (χ1n) is 6.08. The van der Waals surface area contributed by atoms with Gasteiger partial charge < -0.3 is 0 Å². The Morgan fingerprint density at radius 2 is 1.56 bits per heavy atom. The van der Waals surface area contributed by atoms with Crippen molar-refractivity contribution in [1.29, 1.82) is 5.26 Å². The minimum atomic E-state index is 0.515. The summed E-state index contributed by atoms with van der Waals surface area (Å²) in [6.07, 6.45) is 0.515. The molecule has 0 bridgehead atoms. The molecule has 0 radical (unpaired) electrons. The zero-order chi connectivity index (χ0) is 13.4. The third-order valence-corrected chi connectivity index (χ3v) is 2.79. The van der Waals surface area contributed by atoms with Crippen LogP contribution in [-0.4, -0.2) is 0 Å². The minimum absolute atomic E-state index is 0.515. The van der Waals surface area contributed by atoms with E-state index in [2.05, 4.69) is 51.1 Å². The SMILES string of the molecule is Cc1ccc(CC#N)cc1C.Cc1ccccc1. The zero-order valence-electron chi connectivity index (χ0n) is 11.3. The molecule has 92 valence electrons. The number of rotatable bonds is 1. The van der Waals surface area contributed by atoms with E-state index in [9.17, 15) is 0 Å². The third-order valence-electron chi connectivity index (χ3n) is 2.79. The van der Waals surface area contributed by atoms with Crippen LogP contribution in [-0.2, 0) is 6.42 Å². The standard InChI is InChI=1S/C10H11N.C7H8/c1-8-3-4-10(5-6-11)7-9(8)2;1-7-5-3-2-4-6-7/h3-4,7H,5H2,1-2H3;2-6H,1H3. The smallest absolute Gasteiger partial charge is 0.0669 e. The van der Waals surface area contributed by atoms with Gasteiger partial charge in [-0.05, 0) is 37.5 Å². The fourth-order valence-electron chi connectivity index (χ4n) is 1.54. The Hall–Kier alpha value is -2.07. The summed E-state index contributed by atoms with van der Waals surface area (Å²) in [5, 5.41) is 8.43. The molecule has 0 fully saturated rings. The second-order valence-electron chi connectivity index (χ2n) is 4.41. The Bertz CT molecular complexity index is 521. The van der Waals surface area contributed by atoms with Crippen molar-refractivity contribution < 1.29 is 0 Å². The van der Waals surface area contributed by atoms with Crippen molar-refractivity contribution in [2.45, 2.75) is 27.2 Å². The van der Waals surface area contributed by atoms with Crippen LogP contribution in [0.4, 0.5) is 0 Å². The van der Waals surface area contributed by atoms with E-state index < -0.39 is 0 Å². The fraction of sp³-hybridized carbons (Fsp3) is 0.235. The van der Waals surface area contributed by atoms with E-state index in [0.29, 0.717) is 6.42 Å². The van der Waals surface area contributed by atoms with Gasteiger partial charge in [-0.15, -0.1) is 0 Å². The van der Waals surface area contributed by atoms with Gasteiger partial charge in [0.15, 0.2) is 0 Å². The summed E-state index contributed by atoms with van der Waals surface area (Å²) in [5.74, 6) is 0. The summed E-state index contributed by atoms with van der Waals surface area (Å²) in [7, 11) is 0. The average molecular weight is 237 g/mol. The highest BCUT2D eigenvalue weighted by Gasteiger charge is 1.94. The van der Waals surface area contributed by atoms with Crippen LogP contribution in [0.25, 0.3) is 0 Å². The van der Waals surface area contributed by atoms with E-state index >= 15 is 0 Å². The second-order valence-corrected chi connectivity index (χ2v) is 4.41. The van der Waals surface area contributed by atoms with Gasteiger partial charge in [-0.3, -0.25) is 0 Å². The quantitative estimate of drug-likeness (QED) is 0.722. The molecule has 0 saturated heterocycles. The van der Waals surface area contributed by atoms with Gasteiger partial charge in [0.25, 0.3) is 0 Å². The minimum Gasteiger partial charge on any atom is -0.198 e. The Morgan fingerprint density at radius 3 is 2.00 bits per heavy atom. The van der Waals surface area contributed by atoms with Gasteiger partial charge >= 0.3 is 0 Å². The molecule has 1 heteroatoms. The predicted molar refractivity (Wildman–Crippen MR) is 76.4 cm³/mol. The number of hydrogen-bond acceptors (Lipinski definition) is 1. The lowest BCUT2D eigenvalue weighted by atomic mass is 10.1. The van der Waals surface area contributed by atoms with Gasteiger partial charge in [0.05, 0.1) is 12.5 Å². The van der Waals surface area contributed by atoms with Gasteiger partial charge in [0, 0.05) is 0 Å². The van der Waals surface area contributed by atoms with Crippen molar-refractivity contribution in [3.63, 3.8) is 0 Å². The fourth-order valence-corrected chi connectivity index (χ4v) is 1.54. The molecular weight excluding hydrogens is 218 g/mol. The number of benzene rings is 2. The first-order chi connectivity index (χ1) is 8.63. The average Bonchev–Trinajstić information content (AvgIpc) is 2.36. The molecule has 2 rings (SSSR count). The van der Waals surface area contributed by atoms with Gasteiger partial charge in [-0.2, -0.15) is 5.26 Å². The first-order valence-corrected chi connectivity index (χ1v) is 6.08. The summed E-state index contributed by atoms with van der Waals surface area (Å²) in [4.78, 5) is 0. The molecule has 0 saturated carbocycles. The maximum Gasteiger partial charge on any atom is 0.0669 e. The van der Waals surface area contributed by atoms with Crippen LogP contribution in [0.3, 0.4) is 0 Å². The molecule has 18 heavy (non-hydrogen) atoms. The highest BCUT2D eigenvalue weighted by molar-refractivity contribution is 5.31. The molecule has 0 spiro atoms. The third kappa shape index (κ3) is 4.84. The van der Waals surface area contributed by atoms with E-state index in [1.165, 1.54) is 16.7 Å². The topological polar surface area (TPSA) is 23.8 Å². The van der Waals surface area contributed by atoms with Crippen molar-refractivity contribution in [2.75, 3.05) is 0 Å².